The fourth-order valence-corrected chi connectivity index (χ4v) is 7.19. The molecule has 8 heteroatoms. The van der Waals surface area contributed by atoms with Gasteiger partial charge < -0.3 is 11.1 Å². The molecule has 0 saturated carbocycles. The third-order valence-corrected chi connectivity index (χ3v) is 9.40. The Morgan fingerprint density at radius 1 is 1.08 bits per heavy atom. The normalized spacial score (nSPS) is 21.1. The molecule has 0 amide bonds. The molecule has 1 aliphatic carbocycles. The lowest BCUT2D eigenvalue weighted by Crippen LogP contribution is -2.56. The highest BCUT2D eigenvalue weighted by Gasteiger charge is 2.33. The molecule has 1 fully saturated rings. The number of aryl methyl sites for hydroxylation is 1. The van der Waals surface area contributed by atoms with Gasteiger partial charge in [0.15, 0.2) is 0 Å². The van der Waals surface area contributed by atoms with Gasteiger partial charge in [0.05, 0.1) is 16.6 Å². The first-order valence-electron chi connectivity index (χ1n) is 13.2. The number of benzene rings is 2. The average molecular weight is 508 g/mol. The van der Waals surface area contributed by atoms with E-state index in [2.05, 4.69) is 16.3 Å². The van der Waals surface area contributed by atoms with Gasteiger partial charge in [0.2, 0.25) is 10.0 Å². The number of nitrogens with two attached hydrogens (primary N) is 1. The van der Waals surface area contributed by atoms with E-state index in [-0.39, 0.29) is 12.1 Å². The van der Waals surface area contributed by atoms with Crippen LogP contribution >= 0.6 is 0 Å². The summed E-state index contributed by atoms with van der Waals surface area (Å²) in [5, 5.41) is 5.58. The van der Waals surface area contributed by atoms with Crippen molar-refractivity contribution in [3.8, 4) is 0 Å². The lowest BCUT2D eigenvalue weighted by Gasteiger charge is -2.40. The smallest absolute Gasteiger partial charge is 0.243 e. The number of nitrogens with one attached hydrogen (secondary N) is 1. The molecule has 2 aliphatic rings. The zero-order valence-electron chi connectivity index (χ0n) is 20.9. The van der Waals surface area contributed by atoms with E-state index in [4.69, 9.17) is 10.7 Å². The minimum absolute atomic E-state index is 0.0564. The van der Waals surface area contributed by atoms with Crippen LogP contribution in [0.1, 0.15) is 43.0 Å². The van der Waals surface area contributed by atoms with Crippen molar-refractivity contribution in [2.24, 2.45) is 5.73 Å². The van der Waals surface area contributed by atoms with E-state index >= 15 is 0 Å². The van der Waals surface area contributed by atoms with Crippen molar-refractivity contribution in [1.29, 1.82) is 0 Å². The van der Waals surface area contributed by atoms with Crippen LogP contribution in [0.5, 0.6) is 0 Å². The summed E-state index contributed by atoms with van der Waals surface area (Å²) < 4.78 is 28.9. The molecular weight excluding hydrogens is 470 g/mol. The summed E-state index contributed by atoms with van der Waals surface area (Å²) >= 11 is 0. The van der Waals surface area contributed by atoms with Crippen molar-refractivity contribution in [2.75, 3.05) is 39.3 Å². The Morgan fingerprint density at radius 3 is 2.81 bits per heavy atom. The molecular formula is C28H37N5O2S. The maximum absolute atomic E-state index is 13.6. The Hall–Kier alpha value is -2.36. The minimum Gasteiger partial charge on any atom is -0.330 e. The maximum Gasteiger partial charge on any atom is 0.243 e. The van der Waals surface area contributed by atoms with E-state index in [1.54, 1.807) is 16.4 Å². The van der Waals surface area contributed by atoms with Gasteiger partial charge in [-0.05, 0) is 79.7 Å². The number of pyridine rings is 1. The molecule has 0 unspecified atom stereocenters. The number of piperazine rings is 1. The van der Waals surface area contributed by atoms with Gasteiger partial charge in [0.25, 0.3) is 0 Å². The summed E-state index contributed by atoms with van der Waals surface area (Å²) in [4.78, 5) is 7.65. The first-order valence-corrected chi connectivity index (χ1v) is 14.6. The molecule has 3 N–H and O–H groups in total. The van der Waals surface area contributed by atoms with Crippen LogP contribution in [0.4, 0.5) is 0 Å². The van der Waals surface area contributed by atoms with Crippen molar-refractivity contribution >= 4 is 20.8 Å². The summed E-state index contributed by atoms with van der Waals surface area (Å²) in [5.74, 6) is 0. The third-order valence-electron chi connectivity index (χ3n) is 7.54. The summed E-state index contributed by atoms with van der Waals surface area (Å²) in [6, 6.07) is 17.9. The van der Waals surface area contributed by atoms with E-state index in [1.807, 2.05) is 42.6 Å². The quantitative estimate of drug-likeness (QED) is 0.432. The summed E-state index contributed by atoms with van der Waals surface area (Å²) in [6.45, 7) is 4.00. The highest BCUT2D eigenvalue weighted by molar-refractivity contribution is 7.89. The van der Waals surface area contributed by atoms with Gasteiger partial charge in [0.1, 0.15) is 0 Å². The molecule has 192 valence electrons. The largest absolute Gasteiger partial charge is 0.330 e. The highest BCUT2D eigenvalue weighted by Crippen LogP contribution is 2.33. The average Bonchev–Trinajstić information content (AvgIpc) is 2.92. The maximum atomic E-state index is 13.6. The fourth-order valence-electron chi connectivity index (χ4n) is 5.67. The lowest BCUT2D eigenvalue weighted by molar-refractivity contribution is 0.138. The second kappa shape index (κ2) is 11.4. The predicted molar refractivity (Wildman–Crippen MR) is 144 cm³/mol. The van der Waals surface area contributed by atoms with Gasteiger partial charge in [-0.2, -0.15) is 4.31 Å². The summed E-state index contributed by atoms with van der Waals surface area (Å²) in [6.07, 6.45) is 7.22. The Labute approximate surface area is 214 Å². The fraction of sp³-hybridized carbons (Fsp3) is 0.464. The Morgan fingerprint density at radius 2 is 1.94 bits per heavy atom. The van der Waals surface area contributed by atoms with Crippen LogP contribution in [-0.2, 0) is 16.4 Å². The SMILES string of the molecule is NCCCCN(C[C@H]1CN(S(=O)(=O)c2ccc3ccccc3c2)CCN1)[C@H]1CCCc2cccnc21. The molecule has 0 spiro atoms. The second-order valence-corrected chi connectivity index (χ2v) is 11.9. The van der Waals surface area contributed by atoms with E-state index < -0.39 is 10.0 Å². The number of fused-ring (bicyclic) bond motifs is 2. The van der Waals surface area contributed by atoms with Gasteiger partial charge in [-0.25, -0.2) is 8.42 Å². The molecule has 36 heavy (non-hydrogen) atoms. The molecule has 2 aromatic carbocycles. The number of sulfonamides is 1. The Bertz CT molecular complexity index is 1280. The third kappa shape index (κ3) is 5.48. The molecule has 2 atom stereocenters. The molecule has 2 heterocycles. The molecule has 3 aromatic rings. The number of hydrogen-bond donors (Lipinski definition) is 2. The molecule has 0 radical (unpaired) electrons. The van der Waals surface area contributed by atoms with Gasteiger partial charge in [0, 0.05) is 38.4 Å². The van der Waals surface area contributed by atoms with Crippen LogP contribution in [0.3, 0.4) is 0 Å². The first-order chi connectivity index (χ1) is 17.6. The van der Waals surface area contributed by atoms with Crippen molar-refractivity contribution in [3.05, 3.63) is 72.1 Å². The van der Waals surface area contributed by atoms with Gasteiger partial charge >= 0.3 is 0 Å². The van der Waals surface area contributed by atoms with E-state index in [0.717, 1.165) is 56.0 Å². The molecule has 0 bridgehead atoms. The van der Waals surface area contributed by atoms with Gasteiger partial charge in [-0.3, -0.25) is 9.88 Å². The Kier molecular flexibility index (Phi) is 7.98. The van der Waals surface area contributed by atoms with E-state index in [0.29, 0.717) is 31.1 Å². The molecule has 1 aliphatic heterocycles. The minimum atomic E-state index is -3.57. The first kappa shape index (κ1) is 25.3. The van der Waals surface area contributed by atoms with Crippen LogP contribution in [0.25, 0.3) is 10.8 Å². The van der Waals surface area contributed by atoms with Crippen LogP contribution in [0, 0.1) is 0 Å². The van der Waals surface area contributed by atoms with E-state index in [1.165, 1.54) is 11.3 Å². The van der Waals surface area contributed by atoms with Crippen LogP contribution in [0.15, 0.2) is 65.7 Å². The number of hydrogen-bond acceptors (Lipinski definition) is 6. The number of rotatable bonds is 9. The molecule has 5 rings (SSSR count). The summed E-state index contributed by atoms with van der Waals surface area (Å²) in [5.41, 5.74) is 8.32. The number of unbranched alkanes of at least 4 members (excludes halogenated alkanes) is 1. The van der Waals surface area contributed by atoms with Crippen LogP contribution in [0.2, 0.25) is 0 Å². The summed E-state index contributed by atoms with van der Waals surface area (Å²) in [7, 11) is -3.57. The van der Waals surface area contributed by atoms with Crippen molar-refractivity contribution in [3.63, 3.8) is 0 Å². The van der Waals surface area contributed by atoms with Crippen molar-refractivity contribution in [2.45, 2.75) is 49.1 Å². The zero-order chi connectivity index (χ0) is 25.0. The molecule has 7 nitrogen and oxygen atoms in total. The Balaban J connectivity index is 1.34. The van der Waals surface area contributed by atoms with Crippen molar-refractivity contribution < 1.29 is 8.42 Å². The standard InChI is InChI=1S/C28H37N5O2S/c29-14-3-4-17-32(27-11-5-9-23-10-6-15-31-28(23)27)20-25-21-33(18-16-30-25)36(34,35)26-13-12-22-7-1-2-8-24(22)19-26/h1-2,6-8,10,12-13,15,19,25,27,30H,3-5,9,11,14,16-18,20-21,29H2/t25-,27-/m0/s1. The van der Waals surface area contributed by atoms with Gasteiger partial charge in [-0.15, -0.1) is 0 Å². The number of nitrogens with zero attached hydrogens (tertiary/aromatic N) is 3. The van der Waals surface area contributed by atoms with Crippen LogP contribution < -0.4 is 11.1 Å². The molecule has 1 aromatic heterocycles. The molecule has 1 saturated heterocycles. The second-order valence-electron chi connectivity index (χ2n) is 9.97. The van der Waals surface area contributed by atoms with Gasteiger partial charge in [-0.1, -0.05) is 36.4 Å². The predicted octanol–water partition coefficient (Wildman–Crippen LogP) is 3.32. The number of aromatic nitrogens is 1. The monoisotopic (exact) mass is 507 g/mol. The lowest BCUT2D eigenvalue weighted by atomic mass is 9.90. The van der Waals surface area contributed by atoms with E-state index in [9.17, 15) is 8.42 Å². The highest BCUT2D eigenvalue weighted by atomic mass is 32.2. The zero-order valence-corrected chi connectivity index (χ0v) is 21.7. The topological polar surface area (TPSA) is 91.6 Å². The van der Waals surface area contributed by atoms with Crippen molar-refractivity contribution in [1.82, 2.24) is 19.5 Å². The van der Waals surface area contributed by atoms with Crippen LogP contribution in [-0.4, -0.2) is 67.9 Å².